The summed E-state index contributed by atoms with van der Waals surface area (Å²) in [5.74, 6) is -0.0567. The number of nitrogens with two attached hydrogens (primary N) is 1. The Bertz CT molecular complexity index is 584. The van der Waals surface area contributed by atoms with E-state index in [-0.39, 0.29) is 17.6 Å². The highest BCUT2D eigenvalue weighted by molar-refractivity contribution is 7.90. The van der Waals surface area contributed by atoms with Crippen LogP contribution in [0.1, 0.15) is 12.8 Å². The van der Waals surface area contributed by atoms with E-state index in [1.807, 2.05) is 0 Å². The molecule has 0 radical (unpaired) electrons. The minimum Gasteiger partial charge on any atom is -0.487 e. The fourth-order valence-corrected chi connectivity index (χ4v) is 2.93. The van der Waals surface area contributed by atoms with Crippen LogP contribution in [-0.2, 0) is 9.84 Å². The smallest absolute Gasteiger partial charge is 0.167 e. The second-order valence-electron chi connectivity index (χ2n) is 5.48. The second kappa shape index (κ2) is 6.62. The molecule has 1 fully saturated rings. The Morgan fingerprint density at radius 3 is 2.62 bits per heavy atom. The minimum absolute atomic E-state index is 0.0439. The molecule has 0 amide bonds. The highest BCUT2D eigenvalue weighted by atomic mass is 32.2. The fraction of sp³-hybridized carbons (Fsp3) is 0.571. The molecule has 1 aliphatic rings. The molecule has 1 saturated heterocycles. The Morgan fingerprint density at radius 2 is 2.05 bits per heavy atom. The molecule has 0 aliphatic carbocycles. The lowest BCUT2D eigenvalue weighted by molar-refractivity contribution is 0.100. The van der Waals surface area contributed by atoms with Crippen LogP contribution in [0.25, 0.3) is 0 Å². The van der Waals surface area contributed by atoms with Gasteiger partial charge in [-0.2, -0.15) is 0 Å². The average molecular weight is 316 g/mol. The molecular formula is C14H21FN2O3S. The van der Waals surface area contributed by atoms with E-state index in [1.165, 1.54) is 12.3 Å². The molecule has 1 aliphatic heterocycles. The third-order valence-electron chi connectivity index (χ3n) is 3.56. The summed E-state index contributed by atoms with van der Waals surface area (Å²) in [6.07, 6.45) is 2.71. The van der Waals surface area contributed by atoms with E-state index in [9.17, 15) is 12.8 Å². The van der Waals surface area contributed by atoms with Crippen LogP contribution in [0.3, 0.4) is 0 Å². The average Bonchev–Trinajstić information content (AvgIpc) is 2.40. The van der Waals surface area contributed by atoms with Crippen LogP contribution in [0, 0.1) is 5.82 Å². The summed E-state index contributed by atoms with van der Waals surface area (Å²) < 4.78 is 41.6. The third kappa shape index (κ3) is 5.17. The van der Waals surface area contributed by atoms with E-state index in [2.05, 4.69) is 4.90 Å². The molecule has 118 valence electrons. The maximum Gasteiger partial charge on any atom is 0.167 e. The van der Waals surface area contributed by atoms with E-state index in [0.717, 1.165) is 25.9 Å². The first-order valence-corrected chi connectivity index (χ1v) is 9.01. The number of hydrogen-bond donors (Lipinski definition) is 1. The van der Waals surface area contributed by atoms with Crippen molar-refractivity contribution in [3.05, 3.63) is 24.0 Å². The Hall–Kier alpha value is -1.34. The zero-order chi connectivity index (χ0) is 15.5. The number of likely N-dealkylation sites (tertiary alicyclic amines) is 1. The zero-order valence-corrected chi connectivity index (χ0v) is 12.9. The van der Waals surface area contributed by atoms with Gasteiger partial charge < -0.3 is 15.4 Å². The van der Waals surface area contributed by atoms with Gasteiger partial charge in [-0.3, -0.25) is 0 Å². The second-order valence-corrected chi connectivity index (χ2v) is 7.74. The Balaban J connectivity index is 1.81. The molecule has 0 bridgehead atoms. The molecule has 1 aromatic carbocycles. The van der Waals surface area contributed by atoms with Crippen molar-refractivity contribution in [3.63, 3.8) is 0 Å². The van der Waals surface area contributed by atoms with Crippen molar-refractivity contribution in [3.8, 4) is 5.75 Å². The van der Waals surface area contributed by atoms with Gasteiger partial charge in [0.25, 0.3) is 0 Å². The number of anilines is 1. The lowest BCUT2D eigenvalue weighted by Crippen LogP contribution is -2.40. The molecule has 0 saturated carbocycles. The molecule has 1 aromatic rings. The van der Waals surface area contributed by atoms with Crippen molar-refractivity contribution in [2.45, 2.75) is 18.9 Å². The standard InChI is InChI=1S/C14H21FN2O3S/c1-21(18,19)9-8-17-6-4-12(5-7-17)20-14-3-2-11(16)10-13(14)15/h2-3,10,12H,4-9,16H2,1H3. The maximum atomic E-state index is 13.7. The molecule has 0 unspecified atom stereocenters. The summed E-state index contributed by atoms with van der Waals surface area (Å²) >= 11 is 0. The quantitative estimate of drug-likeness (QED) is 0.829. The summed E-state index contributed by atoms with van der Waals surface area (Å²) in [5.41, 5.74) is 5.87. The van der Waals surface area contributed by atoms with E-state index in [0.29, 0.717) is 12.2 Å². The van der Waals surface area contributed by atoms with Crippen molar-refractivity contribution in [1.82, 2.24) is 4.90 Å². The lowest BCUT2D eigenvalue weighted by atomic mass is 10.1. The van der Waals surface area contributed by atoms with Crippen LogP contribution in [0.2, 0.25) is 0 Å². The van der Waals surface area contributed by atoms with Gasteiger partial charge in [0.1, 0.15) is 15.9 Å². The third-order valence-corrected chi connectivity index (χ3v) is 4.49. The number of nitrogens with zero attached hydrogens (tertiary/aromatic N) is 1. The van der Waals surface area contributed by atoms with Crippen molar-refractivity contribution >= 4 is 15.5 Å². The van der Waals surface area contributed by atoms with Crippen LogP contribution >= 0.6 is 0 Å². The van der Waals surface area contributed by atoms with Gasteiger partial charge >= 0.3 is 0 Å². The van der Waals surface area contributed by atoms with Crippen LogP contribution in [0.4, 0.5) is 10.1 Å². The van der Waals surface area contributed by atoms with Gasteiger partial charge in [-0.15, -0.1) is 0 Å². The van der Waals surface area contributed by atoms with Crippen LogP contribution < -0.4 is 10.5 Å². The number of rotatable bonds is 5. The number of hydrogen-bond acceptors (Lipinski definition) is 5. The first-order valence-electron chi connectivity index (χ1n) is 6.95. The van der Waals surface area contributed by atoms with Gasteiger partial charge in [0.2, 0.25) is 0 Å². The first-order chi connectivity index (χ1) is 9.83. The topological polar surface area (TPSA) is 72.6 Å². The predicted molar refractivity (Wildman–Crippen MR) is 80.6 cm³/mol. The molecule has 21 heavy (non-hydrogen) atoms. The number of nitrogen functional groups attached to an aromatic ring is 1. The SMILES string of the molecule is CS(=O)(=O)CCN1CCC(Oc2ccc(N)cc2F)CC1. The first kappa shape index (κ1) is 16.0. The number of halogens is 1. The van der Waals surface area contributed by atoms with Gasteiger partial charge in [0, 0.05) is 37.6 Å². The summed E-state index contributed by atoms with van der Waals surface area (Å²) in [5, 5.41) is 0. The molecule has 0 spiro atoms. The van der Waals surface area contributed by atoms with Crippen molar-refractivity contribution in [1.29, 1.82) is 0 Å². The molecule has 2 rings (SSSR count). The van der Waals surface area contributed by atoms with Crippen molar-refractivity contribution < 1.29 is 17.5 Å². The van der Waals surface area contributed by atoms with E-state index >= 15 is 0 Å². The van der Waals surface area contributed by atoms with E-state index in [1.54, 1.807) is 12.1 Å². The highest BCUT2D eigenvalue weighted by Crippen LogP contribution is 2.23. The Morgan fingerprint density at radius 1 is 1.38 bits per heavy atom. The van der Waals surface area contributed by atoms with Gasteiger partial charge in [0.05, 0.1) is 5.75 Å². The van der Waals surface area contributed by atoms with Gasteiger partial charge in [-0.05, 0) is 25.0 Å². The molecule has 0 aromatic heterocycles. The number of piperidine rings is 1. The molecule has 1 heterocycles. The minimum atomic E-state index is -2.93. The van der Waals surface area contributed by atoms with Crippen LogP contribution in [0.5, 0.6) is 5.75 Å². The van der Waals surface area contributed by atoms with E-state index in [4.69, 9.17) is 10.5 Å². The number of benzene rings is 1. The molecular weight excluding hydrogens is 295 g/mol. The molecule has 0 atom stereocenters. The Labute approximate surface area is 124 Å². The summed E-state index contributed by atoms with van der Waals surface area (Å²) in [6.45, 7) is 2.06. The van der Waals surface area contributed by atoms with Gasteiger partial charge in [-0.25, -0.2) is 12.8 Å². The molecule has 5 nitrogen and oxygen atoms in total. The number of sulfone groups is 1. The fourth-order valence-electron chi connectivity index (χ4n) is 2.34. The monoisotopic (exact) mass is 316 g/mol. The summed E-state index contributed by atoms with van der Waals surface area (Å²) in [6, 6.07) is 4.40. The van der Waals surface area contributed by atoms with Gasteiger partial charge in [-0.1, -0.05) is 0 Å². The van der Waals surface area contributed by atoms with E-state index < -0.39 is 15.7 Å². The largest absolute Gasteiger partial charge is 0.487 e. The Kier molecular flexibility index (Phi) is 5.05. The normalized spacial score (nSPS) is 17.8. The van der Waals surface area contributed by atoms with Crippen molar-refractivity contribution in [2.24, 2.45) is 0 Å². The molecule has 2 N–H and O–H groups in total. The van der Waals surface area contributed by atoms with Crippen molar-refractivity contribution in [2.75, 3.05) is 37.4 Å². The summed E-state index contributed by atoms with van der Waals surface area (Å²) in [7, 11) is -2.93. The highest BCUT2D eigenvalue weighted by Gasteiger charge is 2.22. The maximum absolute atomic E-state index is 13.7. The predicted octanol–water partition coefficient (Wildman–Crippen LogP) is 1.30. The summed E-state index contributed by atoms with van der Waals surface area (Å²) in [4.78, 5) is 2.10. The lowest BCUT2D eigenvalue weighted by Gasteiger charge is -2.32. The van der Waals surface area contributed by atoms with Gasteiger partial charge in [0.15, 0.2) is 11.6 Å². The van der Waals surface area contributed by atoms with Crippen LogP contribution in [-0.4, -0.2) is 51.1 Å². The molecule has 7 heteroatoms. The van der Waals surface area contributed by atoms with Crippen LogP contribution in [0.15, 0.2) is 18.2 Å². The number of ether oxygens (including phenoxy) is 1. The zero-order valence-electron chi connectivity index (χ0n) is 12.1.